The summed E-state index contributed by atoms with van der Waals surface area (Å²) in [5, 5.41) is 8.84. The number of hydrogen-bond acceptors (Lipinski definition) is 2. The van der Waals surface area contributed by atoms with Crippen LogP contribution in [-0.4, -0.2) is 23.5 Å². The van der Waals surface area contributed by atoms with Gasteiger partial charge < -0.3 is 10.0 Å². The third-order valence-electron chi connectivity index (χ3n) is 2.40. The second kappa shape index (κ2) is 5.48. The first-order chi connectivity index (χ1) is 7.91. The molecule has 0 saturated carbocycles. The molecule has 0 unspecified atom stereocenters. The standard InChI is InChI=1S/C13H17NO3/c1-9(2)13(17)14(8-12(15)16)11-6-4-10(3)5-7-11/h4-7,9H,8H2,1-3H3,(H,15,16). The van der Waals surface area contributed by atoms with Crippen LogP contribution < -0.4 is 4.90 Å². The minimum atomic E-state index is -1.01. The SMILES string of the molecule is Cc1ccc(N(CC(=O)O)C(=O)C(C)C)cc1. The monoisotopic (exact) mass is 235 g/mol. The maximum absolute atomic E-state index is 11.9. The van der Waals surface area contributed by atoms with Gasteiger partial charge in [-0.3, -0.25) is 9.59 Å². The third kappa shape index (κ3) is 3.59. The van der Waals surface area contributed by atoms with Crippen molar-refractivity contribution in [3.8, 4) is 0 Å². The molecule has 17 heavy (non-hydrogen) atoms. The van der Waals surface area contributed by atoms with Crippen LogP contribution in [0.15, 0.2) is 24.3 Å². The van der Waals surface area contributed by atoms with Gasteiger partial charge in [-0.1, -0.05) is 31.5 Å². The summed E-state index contributed by atoms with van der Waals surface area (Å²) in [4.78, 5) is 24.0. The van der Waals surface area contributed by atoms with Crippen LogP contribution in [0.25, 0.3) is 0 Å². The molecule has 0 spiro atoms. The summed E-state index contributed by atoms with van der Waals surface area (Å²) < 4.78 is 0. The summed E-state index contributed by atoms with van der Waals surface area (Å²) >= 11 is 0. The molecule has 0 aromatic heterocycles. The Morgan fingerprint density at radius 1 is 1.24 bits per heavy atom. The molecule has 0 radical (unpaired) electrons. The molecule has 0 atom stereocenters. The van der Waals surface area contributed by atoms with Crippen molar-refractivity contribution in [2.45, 2.75) is 20.8 Å². The number of nitrogens with zero attached hydrogens (tertiary/aromatic N) is 1. The molecule has 0 heterocycles. The highest BCUT2D eigenvalue weighted by Crippen LogP contribution is 2.17. The lowest BCUT2D eigenvalue weighted by Gasteiger charge is -2.22. The van der Waals surface area contributed by atoms with Crippen LogP contribution in [0, 0.1) is 12.8 Å². The molecule has 1 aromatic carbocycles. The number of anilines is 1. The average Bonchev–Trinajstić information content (AvgIpc) is 2.26. The second-order valence-electron chi connectivity index (χ2n) is 4.31. The van der Waals surface area contributed by atoms with E-state index in [4.69, 9.17) is 5.11 Å². The molecule has 1 amide bonds. The maximum Gasteiger partial charge on any atom is 0.323 e. The topological polar surface area (TPSA) is 57.6 Å². The lowest BCUT2D eigenvalue weighted by molar-refractivity contribution is -0.137. The Hall–Kier alpha value is -1.84. The Morgan fingerprint density at radius 2 is 1.76 bits per heavy atom. The summed E-state index contributed by atoms with van der Waals surface area (Å²) in [7, 11) is 0. The highest BCUT2D eigenvalue weighted by atomic mass is 16.4. The molecule has 4 heteroatoms. The van der Waals surface area contributed by atoms with Gasteiger partial charge in [-0.25, -0.2) is 0 Å². The van der Waals surface area contributed by atoms with E-state index in [0.717, 1.165) is 5.56 Å². The number of carbonyl (C=O) groups is 2. The van der Waals surface area contributed by atoms with Crippen molar-refractivity contribution >= 4 is 17.6 Å². The summed E-state index contributed by atoms with van der Waals surface area (Å²) in [6.45, 7) is 5.15. The van der Waals surface area contributed by atoms with E-state index in [1.165, 1.54) is 4.90 Å². The second-order valence-corrected chi connectivity index (χ2v) is 4.31. The highest BCUT2D eigenvalue weighted by Gasteiger charge is 2.21. The molecule has 4 nitrogen and oxygen atoms in total. The summed E-state index contributed by atoms with van der Waals surface area (Å²) in [6, 6.07) is 7.24. The molecule has 0 fully saturated rings. The Kier molecular flexibility index (Phi) is 4.26. The van der Waals surface area contributed by atoms with E-state index < -0.39 is 5.97 Å². The van der Waals surface area contributed by atoms with Gasteiger partial charge in [0, 0.05) is 11.6 Å². The van der Waals surface area contributed by atoms with Gasteiger partial charge >= 0.3 is 5.97 Å². The quantitative estimate of drug-likeness (QED) is 0.869. The first-order valence-corrected chi connectivity index (χ1v) is 5.51. The smallest absolute Gasteiger partial charge is 0.323 e. The number of carboxylic acids is 1. The molecule has 1 rings (SSSR count). The van der Waals surface area contributed by atoms with Crippen LogP contribution in [0.2, 0.25) is 0 Å². The Labute approximate surface area is 101 Å². The highest BCUT2D eigenvalue weighted by molar-refractivity contribution is 5.98. The first kappa shape index (κ1) is 13.2. The number of aliphatic carboxylic acids is 1. The zero-order valence-corrected chi connectivity index (χ0v) is 10.3. The van der Waals surface area contributed by atoms with Gasteiger partial charge in [0.2, 0.25) is 5.91 Å². The van der Waals surface area contributed by atoms with E-state index in [0.29, 0.717) is 5.69 Å². The van der Waals surface area contributed by atoms with Crippen molar-refractivity contribution in [2.24, 2.45) is 5.92 Å². The predicted molar refractivity (Wildman–Crippen MR) is 66.0 cm³/mol. The fraction of sp³-hybridized carbons (Fsp3) is 0.385. The largest absolute Gasteiger partial charge is 0.480 e. The first-order valence-electron chi connectivity index (χ1n) is 5.51. The molecule has 1 N–H and O–H groups in total. The molecule has 92 valence electrons. The Bertz CT molecular complexity index is 409. The van der Waals surface area contributed by atoms with Gasteiger partial charge in [-0.15, -0.1) is 0 Å². The van der Waals surface area contributed by atoms with Crippen LogP contribution in [0.4, 0.5) is 5.69 Å². The summed E-state index contributed by atoms with van der Waals surface area (Å²) in [5.41, 5.74) is 1.69. The van der Waals surface area contributed by atoms with Crippen LogP contribution in [0.5, 0.6) is 0 Å². The lowest BCUT2D eigenvalue weighted by Crippen LogP contribution is -2.38. The number of benzene rings is 1. The number of hydrogen-bond donors (Lipinski definition) is 1. The third-order valence-corrected chi connectivity index (χ3v) is 2.40. The van der Waals surface area contributed by atoms with Gasteiger partial charge in [0.25, 0.3) is 0 Å². The van der Waals surface area contributed by atoms with Gasteiger partial charge in [0.05, 0.1) is 0 Å². The molecule has 0 saturated heterocycles. The average molecular weight is 235 g/mol. The summed E-state index contributed by atoms with van der Waals surface area (Å²) in [6.07, 6.45) is 0. The number of carboxylic acid groups (broad SMARTS) is 1. The lowest BCUT2D eigenvalue weighted by atomic mass is 10.1. The van der Waals surface area contributed by atoms with E-state index >= 15 is 0 Å². The minimum Gasteiger partial charge on any atom is -0.480 e. The molecular formula is C13H17NO3. The van der Waals surface area contributed by atoms with E-state index in [2.05, 4.69) is 0 Å². The normalized spacial score (nSPS) is 10.4. The van der Waals surface area contributed by atoms with Crippen molar-refractivity contribution in [1.29, 1.82) is 0 Å². The van der Waals surface area contributed by atoms with E-state index in [1.807, 2.05) is 19.1 Å². The predicted octanol–water partition coefficient (Wildman–Crippen LogP) is 2.07. The van der Waals surface area contributed by atoms with E-state index in [9.17, 15) is 9.59 Å². The van der Waals surface area contributed by atoms with Gasteiger partial charge in [0.1, 0.15) is 6.54 Å². The number of rotatable bonds is 4. The van der Waals surface area contributed by atoms with Crippen LogP contribution in [0.1, 0.15) is 19.4 Å². The summed E-state index contributed by atoms with van der Waals surface area (Å²) in [5.74, 6) is -1.42. The van der Waals surface area contributed by atoms with E-state index in [1.54, 1.807) is 26.0 Å². The van der Waals surface area contributed by atoms with Crippen LogP contribution >= 0.6 is 0 Å². The number of aryl methyl sites for hydroxylation is 1. The number of amides is 1. The molecule has 0 aliphatic rings. The van der Waals surface area contributed by atoms with Crippen molar-refractivity contribution in [3.05, 3.63) is 29.8 Å². The number of carbonyl (C=O) groups excluding carboxylic acids is 1. The molecule has 0 bridgehead atoms. The van der Waals surface area contributed by atoms with Gasteiger partial charge in [-0.05, 0) is 19.1 Å². The van der Waals surface area contributed by atoms with Crippen LogP contribution in [0.3, 0.4) is 0 Å². The van der Waals surface area contributed by atoms with Gasteiger partial charge in [-0.2, -0.15) is 0 Å². The van der Waals surface area contributed by atoms with Crippen molar-refractivity contribution in [1.82, 2.24) is 0 Å². The Balaban J connectivity index is 3.01. The fourth-order valence-electron chi connectivity index (χ4n) is 1.47. The molecule has 0 aliphatic carbocycles. The van der Waals surface area contributed by atoms with E-state index in [-0.39, 0.29) is 18.4 Å². The van der Waals surface area contributed by atoms with Crippen molar-refractivity contribution in [3.63, 3.8) is 0 Å². The van der Waals surface area contributed by atoms with Crippen LogP contribution in [-0.2, 0) is 9.59 Å². The molecular weight excluding hydrogens is 218 g/mol. The molecule has 1 aromatic rings. The van der Waals surface area contributed by atoms with Gasteiger partial charge in [0.15, 0.2) is 0 Å². The zero-order chi connectivity index (χ0) is 13.0. The van der Waals surface area contributed by atoms with Crippen molar-refractivity contribution < 1.29 is 14.7 Å². The minimum absolute atomic E-state index is 0.184. The maximum atomic E-state index is 11.9. The zero-order valence-electron chi connectivity index (χ0n) is 10.3. The fourth-order valence-corrected chi connectivity index (χ4v) is 1.47. The Morgan fingerprint density at radius 3 is 2.18 bits per heavy atom. The molecule has 0 aliphatic heterocycles. The van der Waals surface area contributed by atoms with Crippen molar-refractivity contribution in [2.75, 3.05) is 11.4 Å².